The van der Waals surface area contributed by atoms with Gasteiger partial charge in [-0.25, -0.2) is 9.82 Å². The highest BCUT2D eigenvalue weighted by Crippen LogP contribution is 2.18. The number of amides is 2. The predicted molar refractivity (Wildman–Crippen MR) is 69.6 cm³/mol. The maximum absolute atomic E-state index is 13.2. The van der Waals surface area contributed by atoms with Crippen molar-refractivity contribution >= 4 is 17.5 Å². The Morgan fingerprint density at radius 2 is 2.30 bits per heavy atom. The van der Waals surface area contributed by atoms with E-state index >= 15 is 0 Å². The Morgan fingerprint density at radius 3 is 2.95 bits per heavy atom. The average molecular weight is 279 g/mol. The summed E-state index contributed by atoms with van der Waals surface area (Å²) in [5, 5.41) is 6.30. The van der Waals surface area contributed by atoms with Crippen molar-refractivity contribution in [3.8, 4) is 5.75 Å². The fourth-order valence-corrected chi connectivity index (χ4v) is 1.80. The molecule has 2 amide bonds. The highest BCUT2D eigenvalue weighted by atomic mass is 19.1. The lowest BCUT2D eigenvalue weighted by Gasteiger charge is -2.13. The van der Waals surface area contributed by atoms with Gasteiger partial charge in [0.2, 0.25) is 5.91 Å². The Balaban J connectivity index is 2.00. The summed E-state index contributed by atoms with van der Waals surface area (Å²) in [6.45, 7) is 0.118. The Morgan fingerprint density at radius 1 is 1.50 bits per heavy atom. The number of carbonyl (C=O) groups is 2. The lowest BCUT2D eigenvalue weighted by Crippen LogP contribution is -2.36. The minimum atomic E-state index is -0.405. The second kappa shape index (κ2) is 6.14. The zero-order chi connectivity index (χ0) is 14.5. The number of hydrazone groups is 1. The van der Waals surface area contributed by atoms with Crippen LogP contribution in [0.5, 0.6) is 5.75 Å². The molecule has 106 valence electrons. The quantitative estimate of drug-likeness (QED) is 0.852. The van der Waals surface area contributed by atoms with Crippen LogP contribution in [0.2, 0.25) is 0 Å². The molecule has 7 heteroatoms. The third kappa shape index (κ3) is 3.31. The molecule has 20 heavy (non-hydrogen) atoms. The summed E-state index contributed by atoms with van der Waals surface area (Å²) in [4.78, 5) is 22.8. The largest absolute Gasteiger partial charge is 0.496 e. The average Bonchev–Trinajstić information content (AvgIpc) is 2.45. The lowest BCUT2D eigenvalue weighted by atomic mass is 10.1. The van der Waals surface area contributed by atoms with Crippen molar-refractivity contribution in [1.82, 2.24) is 10.7 Å². The summed E-state index contributed by atoms with van der Waals surface area (Å²) < 4.78 is 18.3. The second-order valence-electron chi connectivity index (χ2n) is 4.23. The van der Waals surface area contributed by atoms with Gasteiger partial charge in [-0.05, 0) is 18.2 Å². The molecule has 0 saturated heterocycles. The van der Waals surface area contributed by atoms with Crippen LogP contribution >= 0.6 is 0 Å². The fraction of sp³-hybridized carbons (Fsp3) is 0.308. The number of methoxy groups -OCH3 is 1. The van der Waals surface area contributed by atoms with E-state index in [4.69, 9.17) is 4.74 Å². The molecule has 0 aliphatic carbocycles. The second-order valence-corrected chi connectivity index (χ2v) is 4.23. The molecule has 1 aromatic rings. The topological polar surface area (TPSA) is 79.8 Å². The first-order valence-electron chi connectivity index (χ1n) is 6.06. The number of nitrogens with one attached hydrogen (secondary N) is 2. The van der Waals surface area contributed by atoms with Gasteiger partial charge in [-0.1, -0.05) is 0 Å². The Kier molecular flexibility index (Phi) is 4.29. The first kappa shape index (κ1) is 14.0. The van der Waals surface area contributed by atoms with E-state index in [-0.39, 0.29) is 31.0 Å². The van der Waals surface area contributed by atoms with Crippen LogP contribution in [0, 0.1) is 5.82 Å². The summed E-state index contributed by atoms with van der Waals surface area (Å²) in [7, 11) is 1.47. The maximum atomic E-state index is 13.2. The molecule has 2 N–H and O–H groups in total. The third-order valence-electron chi connectivity index (χ3n) is 2.85. The molecule has 0 aromatic heterocycles. The molecule has 1 heterocycles. The van der Waals surface area contributed by atoms with Crippen molar-refractivity contribution < 1.29 is 18.7 Å². The lowest BCUT2D eigenvalue weighted by molar-refractivity contribution is -0.121. The molecule has 2 rings (SSSR count). The van der Waals surface area contributed by atoms with E-state index in [1.54, 1.807) is 0 Å². The van der Waals surface area contributed by atoms with Crippen LogP contribution in [0.15, 0.2) is 23.3 Å². The van der Waals surface area contributed by atoms with Gasteiger partial charge < -0.3 is 10.1 Å². The molecule has 0 spiro atoms. The summed E-state index contributed by atoms with van der Waals surface area (Å²) in [6.07, 6.45) is 0.521. The van der Waals surface area contributed by atoms with E-state index in [2.05, 4.69) is 15.8 Å². The molecule has 0 radical (unpaired) electrons. The number of halogens is 1. The SMILES string of the molecule is COc1ccc(F)cc1CNC(=O)C1=NNC(=O)CC1. The maximum Gasteiger partial charge on any atom is 0.267 e. The van der Waals surface area contributed by atoms with Crippen molar-refractivity contribution in [3.63, 3.8) is 0 Å². The van der Waals surface area contributed by atoms with Gasteiger partial charge in [0.1, 0.15) is 17.3 Å². The Hall–Kier alpha value is -2.44. The van der Waals surface area contributed by atoms with E-state index in [9.17, 15) is 14.0 Å². The number of nitrogens with zero attached hydrogens (tertiary/aromatic N) is 1. The summed E-state index contributed by atoms with van der Waals surface area (Å²) in [5.74, 6) is -0.521. The molecule has 1 aliphatic heterocycles. The standard InChI is InChI=1S/C13H14FN3O3/c1-20-11-4-2-9(14)6-8(11)7-15-13(19)10-3-5-12(18)17-16-10/h2,4,6H,3,5,7H2,1H3,(H,15,19)(H,17,18). The Labute approximate surface area is 115 Å². The van der Waals surface area contributed by atoms with Crippen molar-refractivity contribution in [2.75, 3.05) is 7.11 Å². The van der Waals surface area contributed by atoms with Gasteiger partial charge in [-0.2, -0.15) is 5.10 Å². The van der Waals surface area contributed by atoms with Gasteiger partial charge in [0.05, 0.1) is 7.11 Å². The smallest absolute Gasteiger partial charge is 0.267 e. The summed E-state index contributed by atoms with van der Waals surface area (Å²) in [6, 6.07) is 4.07. The third-order valence-corrected chi connectivity index (χ3v) is 2.85. The van der Waals surface area contributed by atoms with E-state index in [1.807, 2.05) is 0 Å². The van der Waals surface area contributed by atoms with Crippen LogP contribution in [-0.4, -0.2) is 24.6 Å². The van der Waals surface area contributed by atoms with Crippen LogP contribution in [0.1, 0.15) is 18.4 Å². The normalized spacial score (nSPS) is 14.3. The van der Waals surface area contributed by atoms with E-state index in [0.29, 0.717) is 11.3 Å². The van der Waals surface area contributed by atoms with Gasteiger partial charge in [0.25, 0.3) is 5.91 Å². The zero-order valence-electron chi connectivity index (χ0n) is 10.9. The van der Waals surface area contributed by atoms with Gasteiger partial charge in [-0.15, -0.1) is 0 Å². The molecule has 0 bridgehead atoms. The molecule has 0 saturated carbocycles. The predicted octanol–water partition coefficient (Wildman–Crippen LogP) is 0.717. The molecule has 6 nitrogen and oxygen atoms in total. The van der Waals surface area contributed by atoms with Crippen LogP contribution in [0.4, 0.5) is 4.39 Å². The number of rotatable bonds is 4. The van der Waals surface area contributed by atoms with Gasteiger partial charge in [0.15, 0.2) is 0 Å². The number of hydrogen-bond donors (Lipinski definition) is 2. The van der Waals surface area contributed by atoms with E-state index in [0.717, 1.165) is 0 Å². The van der Waals surface area contributed by atoms with Gasteiger partial charge >= 0.3 is 0 Å². The number of benzene rings is 1. The summed E-state index contributed by atoms with van der Waals surface area (Å²) in [5.41, 5.74) is 3.03. The van der Waals surface area contributed by atoms with Crippen LogP contribution in [0.25, 0.3) is 0 Å². The van der Waals surface area contributed by atoms with Crippen molar-refractivity contribution in [2.24, 2.45) is 5.10 Å². The molecular formula is C13H14FN3O3. The van der Waals surface area contributed by atoms with Crippen molar-refractivity contribution in [1.29, 1.82) is 0 Å². The van der Waals surface area contributed by atoms with Crippen LogP contribution < -0.4 is 15.5 Å². The fourth-order valence-electron chi connectivity index (χ4n) is 1.80. The molecular weight excluding hydrogens is 265 g/mol. The van der Waals surface area contributed by atoms with E-state index in [1.165, 1.54) is 25.3 Å². The van der Waals surface area contributed by atoms with Crippen molar-refractivity contribution in [3.05, 3.63) is 29.6 Å². The van der Waals surface area contributed by atoms with Crippen LogP contribution in [-0.2, 0) is 16.1 Å². The molecule has 0 fully saturated rings. The number of ether oxygens (including phenoxy) is 1. The first-order chi connectivity index (χ1) is 9.60. The minimum Gasteiger partial charge on any atom is -0.496 e. The molecule has 0 atom stereocenters. The number of carbonyl (C=O) groups excluding carboxylic acids is 2. The van der Waals surface area contributed by atoms with E-state index < -0.39 is 11.7 Å². The van der Waals surface area contributed by atoms with Crippen LogP contribution in [0.3, 0.4) is 0 Å². The molecule has 0 unspecified atom stereocenters. The zero-order valence-corrected chi connectivity index (χ0v) is 10.9. The minimum absolute atomic E-state index is 0.118. The highest BCUT2D eigenvalue weighted by molar-refractivity contribution is 6.39. The number of hydrogen-bond acceptors (Lipinski definition) is 4. The van der Waals surface area contributed by atoms with Gasteiger partial charge in [0, 0.05) is 24.9 Å². The monoisotopic (exact) mass is 279 g/mol. The first-order valence-corrected chi connectivity index (χ1v) is 6.06. The highest BCUT2D eigenvalue weighted by Gasteiger charge is 2.18. The van der Waals surface area contributed by atoms with Gasteiger partial charge in [-0.3, -0.25) is 9.59 Å². The molecule has 1 aromatic carbocycles. The summed E-state index contributed by atoms with van der Waals surface area (Å²) >= 11 is 0. The molecule has 1 aliphatic rings. The van der Waals surface area contributed by atoms with Crippen molar-refractivity contribution in [2.45, 2.75) is 19.4 Å². The Bertz CT molecular complexity index is 572.